The highest BCUT2D eigenvalue weighted by atomic mass is 35.5. The molecule has 2 aliphatic heterocycles. The van der Waals surface area contributed by atoms with Crippen LogP contribution >= 0.6 is 11.6 Å². The Bertz CT molecular complexity index is 862. The van der Waals surface area contributed by atoms with Crippen molar-refractivity contribution in [3.05, 3.63) is 28.5 Å². The van der Waals surface area contributed by atoms with E-state index in [9.17, 15) is 4.79 Å². The van der Waals surface area contributed by atoms with Crippen molar-refractivity contribution in [2.75, 3.05) is 32.7 Å². The minimum atomic E-state index is -0.367. The van der Waals surface area contributed by atoms with E-state index in [2.05, 4.69) is 16.0 Å². The van der Waals surface area contributed by atoms with E-state index in [0.29, 0.717) is 17.3 Å². The number of aliphatic hydroxyl groups excluding tert-OH is 1. The smallest absolute Gasteiger partial charge is 0.319 e. The van der Waals surface area contributed by atoms with E-state index in [1.165, 1.54) is 25.7 Å². The molecule has 5 rings (SSSR count). The van der Waals surface area contributed by atoms with Gasteiger partial charge in [-0.3, -0.25) is 0 Å². The Labute approximate surface area is 188 Å². The van der Waals surface area contributed by atoms with Gasteiger partial charge >= 0.3 is 6.03 Å². The van der Waals surface area contributed by atoms with Crippen LogP contribution in [0, 0.1) is 0 Å². The average molecular weight is 452 g/mol. The Kier molecular flexibility index (Phi) is 8.60. The third-order valence-corrected chi connectivity index (χ3v) is 6.31. The van der Waals surface area contributed by atoms with Crippen LogP contribution in [0.2, 0.25) is 5.02 Å². The van der Waals surface area contributed by atoms with E-state index in [0.717, 1.165) is 68.3 Å². The summed E-state index contributed by atoms with van der Waals surface area (Å²) >= 11 is 6.48. The lowest BCUT2D eigenvalue weighted by Crippen LogP contribution is -2.52. The standard InChI is InChI=1S/C17H20ClN3O2.C5H10O.CH4O/c1-19-9-11-7-10-8-12(18)14-13(15(10)23-11)17(21-16(22)20-14)5-3-2-4-6-17;1-2-4-6-5-3-1;1-2/h7-8,19H,2-6,9H2,1H3,(H2,20,21,22);1-5H2;2H,1H3. The van der Waals surface area contributed by atoms with Gasteiger partial charge in [0, 0.05) is 31.3 Å². The summed E-state index contributed by atoms with van der Waals surface area (Å²) in [6.45, 7) is 2.66. The van der Waals surface area contributed by atoms with Crippen molar-refractivity contribution in [1.82, 2.24) is 10.6 Å². The van der Waals surface area contributed by atoms with Crippen LogP contribution in [0.25, 0.3) is 11.0 Å². The Hall–Kier alpha value is -1.80. The number of carbonyl (C=O) groups excluding carboxylic acids is 1. The summed E-state index contributed by atoms with van der Waals surface area (Å²) in [5, 5.41) is 17.7. The van der Waals surface area contributed by atoms with Crippen LogP contribution in [-0.4, -0.2) is 38.5 Å². The fourth-order valence-electron chi connectivity index (χ4n) is 4.68. The maximum atomic E-state index is 12.2. The maximum absolute atomic E-state index is 12.2. The fourth-order valence-corrected chi connectivity index (χ4v) is 4.94. The number of aliphatic hydroxyl groups is 1. The number of rotatable bonds is 2. The lowest BCUT2D eigenvalue weighted by atomic mass is 9.74. The number of nitrogens with one attached hydrogen (secondary N) is 3. The fraction of sp³-hybridized carbons (Fsp3) is 0.609. The molecule has 7 nitrogen and oxygen atoms in total. The maximum Gasteiger partial charge on any atom is 0.319 e. The summed E-state index contributed by atoms with van der Waals surface area (Å²) in [7, 11) is 2.89. The summed E-state index contributed by atoms with van der Waals surface area (Å²) in [4.78, 5) is 12.2. The lowest BCUT2D eigenvalue weighted by molar-refractivity contribution is 0.0968. The first-order valence-corrected chi connectivity index (χ1v) is 11.5. The molecule has 1 aromatic heterocycles. The largest absolute Gasteiger partial charge is 0.459 e. The molecular weight excluding hydrogens is 418 g/mol. The summed E-state index contributed by atoms with van der Waals surface area (Å²) in [6.07, 6.45) is 9.17. The first-order valence-electron chi connectivity index (χ1n) is 11.1. The number of hydrogen-bond acceptors (Lipinski definition) is 5. The van der Waals surface area contributed by atoms with Crippen LogP contribution in [0.4, 0.5) is 10.5 Å². The van der Waals surface area contributed by atoms with Gasteiger partial charge in [-0.05, 0) is 51.3 Å². The summed E-state index contributed by atoms with van der Waals surface area (Å²) in [5.74, 6) is 0.870. The van der Waals surface area contributed by atoms with E-state index in [1.54, 1.807) is 0 Å². The van der Waals surface area contributed by atoms with Crippen molar-refractivity contribution in [2.45, 2.75) is 63.5 Å². The van der Waals surface area contributed by atoms with Gasteiger partial charge in [0.1, 0.15) is 11.3 Å². The second kappa shape index (κ2) is 11.2. The van der Waals surface area contributed by atoms with Crippen LogP contribution in [-0.2, 0) is 16.8 Å². The molecule has 3 aliphatic rings. The number of furan rings is 1. The molecule has 1 aromatic carbocycles. The van der Waals surface area contributed by atoms with Gasteiger partial charge in [0.05, 0.1) is 22.8 Å². The van der Waals surface area contributed by atoms with Gasteiger partial charge in [0.25, 0.3) is 0 Å². The summed E-state index contributed by atoms with van der Waals surface area (Å²) in [6, 6.07) is 3.72. The van der Waals surface area contributed by atoms with Crippen molar-refractivity contribution in [3.63, 3.8) is 0 Å². The molecule has 1 aliphatic carbocycles. The van der Waals surface area contributed by atoms with Gasteiger partial charge in [-0.15, -0.1) is 0 Å². The number of hydrogen-bond donors (Lipinski definition) is 4. The Morgan fingerprint density at radius 2 is 1.77 bits per heavy atom. The summed E-state index contributed by atoms with van der Waals surface area (Å²) in [5.41, 5.74) is 2.19. The molecule has 0 unspecified atom stereocenters. The first kappa shape index (κ1) is 23.9. The van der Waals surface area contributed by atoms with Gasteiger partial charge < -0.3 is 30.2 Å². The molecule has 0 radical (unpaired) electrons. The summed E-state index contributed by atoms with van der Waals surface area (Å²) < 4.78 is 11.2. The average Bonchev–Trinajstić information content (AvgIpc) is 3.19. The number of fused-ring (bicyclic) bond motifs is 4. The Morgan fingerprint density at radius 3 is 2.35 bits per heavy atom. The number of amides is 2. The van der Waals surface area contributed by atoms with Crippen molar-refractivity contribution in [2.24, 2.45) is 0 Å². The normalized spacial score (nSPS) is 19.3. The Morgan fingerprint density at radius 1 is 1.10 bits per heavy atom. The molecular formula is C23H34ClN3O4. The first-order chi connectivity index (χ1) is 15.1. The van der Waals surface area contributed by atoms with Crippen LogP contribution in [0.5, 0.6) is 0 Å². The molecule has 2 aromatic rings. The van der Waals surface area contributed by atoms with Crippen molar-refractivity contribution < 1.29 is 19.1 Å². The molecule has 4 N–H and O–H groups in total. The van der Waals surface area contributed by atoms with E-state index in [1.807, 2.05) is 19.2 Å². The number of carbonyl (C=O) groups is 1. The van der Waals surface area contributed by atoms with Crippen LogP contribution in [0.15, 0.2) is 16.5 Å². The van der Waals surface area contributed by atoms with E-state index in [4.69, 9.17) is 25.9 Å². The van der Waals surface area contributed by atoms with E-state index in [-0.39, 0.29) is 11.6 Å². The SMILES string of the molecule is C1CCOCC1.CNCc1cc2cc(Cl)c3c(c2o1)C1(CCCCC1)NC(=O)N3.CO. The minimum absolute atomic E-state index is 0.178. The number of urea groups is 1. The van der Waals surface area contributed by atoms with Gasteiger partial charge in [0.2, 0.25) is 0 Å². The number of ether oxygens (including phenoxy) is 1. The zero-order valence-electron chi connectivity index (χ0n) is 18.5. The van der Waals surface area contributed by atoms with Gasteiger partial charge in [-0.1, -0.05) is 30.9 Å². The molecule has 31 heavy (non-hydrogen) atoms. The third-order valence-electron chi connectivity index (χ3n) is 6.02. The zero-order chi connectivity index (χ0) is 22.3. The van der Waals surface area contributed by atoms with Crippen molar-refractivity contribution in [1.29, 1.82) is 0 Å². The number of benzene rings is 1. The predicted octanol–water partition coefficient (Wildman–Crippen LogP) is 4.90. The highest BCUT2D eigenvalue weighted by Crippen LogP contribution is 2.48. The van der Waals surface area contributed by atoms with Crippen LogP contribution in [0.1, 0.15) is 62.7 Å². The predicted molar refractivity (Wildman–Crippen MR) is 124 cm³/mol. The molecule has 0 bridgehead atoms. The Balaban J connectivity index is 0.000000291. The molecule has 3 heterocycles. The van der Waals surface area contributed by atoms with Crippen molar-refractivity contribution >= 4 is 34.3 Å². The van der Waals surface area contributed by atoms with Gasteiger partial charge in [-0.2, -0.15) is 0 Å². The van der Waals surface area contributed by atoms with Crippen molar-refractivity contribution in [3.8, 4) is 0 Å². The molecule has 1 saturated heterocycles. The second-order valence-electron chi connectivity index (χ2n) is 8.16. The van der Waals surface area contributed by atoms with E-state index >= 15 is 0 Å². The quantitative estimate of drug-likeness (QED) is 0.521. The number of halogens is 1. The molecule has 1 spiro atoms. The topological polar surface area (TPSA) is 95.8 Å². The monoisotopic (exact) mass is 451 g/mol. The van der Waals surface area contributed by atoms with Crippen LogP contribution in [0.3, 0.4) is 0 Å². The lowest BCUT2D eigenvalue weighted by Gasteiger charge is -2.42. The number of anilines is 1. The zero-order valence-corrected chi connectivity index (χ0v) is 19.2. The van der Waals surface area contributed by atoms with Crippen LogP contribution < -0.4 is 16.0 Å². The second-order valence-corrected chi connectivity index (χ2v) is 8.57. The minimum Gasteiger partial charge on any atom is -0.459 e. The molecule has 2 amide bonds. The highest BCUT2D eigenvalue weighted by molar-refractivity contribution is 6.35. The van der Waals surface area contributed by atoms with Gasteiger partial charge in [-0.25, -0.2) is 4.79 Å². The molecule has 2 fully saturated rings. The molecule has 1 saturated carbocycles. The molecule has 8 heteroatoms. The molecule has 0 atom stereocenters. The highest BCUT2D eigenvalue weighted by Gasteiger charge is 2.43. The van der Waals surface area contributed by atoms with Gasteiger partial charge in [0.15, 0.2) is 0 Å². The van der Waals surface area contributed by atoms with E-state index < -0.39 is 0 Å². The third kappa shape index (κ3) is 5.34. The molecule has 172 valence electrons.